The number of hydrogen-bond acceptors (Lipinski definition) is 3. The number of aryl methyl sites for hydroxylation is 1. The largest absolute Gasteiger partial charge is 0.357 e. The molecule has 0 unspecified atom stereocenters. The fraction of sp³-hybridized carbons (Fsp3) is 0.438. The average molecular weight is 445 g/mol. The van der Waals surface area contributed by atoms with E-state index in [1.807, 2.05) is 19.1 Å². The Balaban J connectivity index is 0.00000288. The number of benzene rings is 1. The van der Waals surface area contributed by atoms with Crippen LogP contribution in [0.25, 0.3) is 0 Å². The van der Waals surface area contributed by atoms with Crippen molar-refractivity contribution in [3.63, 3.8) is 0 Å². The Morgan fingerprint density at radius 1 is 1.29 bits per heavy atom. The van der Waals surface area contributed by atoms with E-state index in [1.54, 1.807) is 0 Å². The van der Waals surface area contributed by atoms with Gasteiger partial charge in [0.25, 0.3) is 0 Å². The average Bonchev–Trinajstić information content (AvgIpc) is 2.85. The van der Waals surface area contributed by atoms with Gasteiger partial charge in [-0.25, -0.2) is 9.79 Å². The predicted molar refractivity (Wildman–Crippen MR) is 105 cm³/mol. The number of amides is 3. The molecule has 0 atom stereocenters. The molecule has 2 rings (SSSR count). The van der Waals surface area contributed by atoms with Crippen LogP contribution in [0.5, 0.6) is 0 Å². The zero-order valence-electron chi connectivity index (χ0n) is 14.0. The first-order valence-electron chi connectivity index (χ1n) is 7.76. The number of nitrogens with zero attached hydrogens (tertiary/aromatic N) is 2. The molecular formula is C16H24IN5O2. The summed E-state index contributed by atoms with van der Waals surface area (Å²) in [5.74, 6) is 0.474. The molecule has 7 nitrogen and oxygen atoms in total. The molecule has 0 saturated carbocycles. The zero-order valence-corrected chi connectivity index (χ0v) is 16.3. The smallest absolute Gasteiger partial charge is 0.324 e. The minimum Gasteiger partial charge on any atom is -0.357 e. The van der Waals surface area contributed by atoms with Crippen molar-refractivity contribution >= 4 is 41.9 Å². The molecule has 1 heterocycles. The molecule has 0 bridgehead atoms. The molecule has 0 spiro atoms. The third kappa shape index (κ3) is 5.66. The van der Waals surface area contributed by atoms with Crippen molar-refractivity contribution in [1.82, 2.24) is 20.9 Å². The molecular weight excluding hydrogens is 421 g/mol. The van der Waals surface area contributed by atoms with Crippen molar-refractivity contribution in [3.05, 3.63) is 35.4 Å². The normalized spacial score (nSPS) is 14.2. The highest BCUT2D eigenvalue weighted by Crippen LogP contribution is 2.07. The molecule has 1 aromatic carbocycles. The van der Waals surface area contributed by atoms with E-state index in [1.165, 1.54) is 16.0 Å². The van der Waals surface area contributed by atoms with Crippen molar-refractivity contribution < 1.29 is 9.59 Å². The summed E-state index contributed by atoms with van der Waals surface area (Å²) in [5.41, 5.74) is 2.37. The van der Waals surface area contributed by atoms with Crippen LogP contribution >= 0.6 is 24.0 Å². The van der Waals surface area contributed by atoms with Crippen LogP contribution in [-0.2, 0) is 11.3 Å². The molecule has 132 valence electrons. The number of imide groups is 1. The van der Waals surface area contributed by atoms with Crippen LogP contribution in [0, 0.1) is 6.92 Å². The molecule has 0 aromatic heterocycles. The number of urea groups is 1. The topological polar surface area (TPSA) is 85.8 Å². The van der Waals surface area contributed by atoms with Gasteiger partial charge in [0.2, 0.25) is 5.91 Å². The molecule has 8 heteroatoms. The van der Waals surface area contributed by atoms with Gasteiger partial charge in [-0.3, -0.25) is 9.69 Å². The summed E-state index contributed by atoms with van der Waals surface area (Å²) in [7, 11) is 0. The number of nitrogens with one attached hydrogen (secondary N) is 3. The van der Waals surface area contributed by atoms with Gasteiger partial charge in [-0.15, -0.1) is 24.0 Å². The standard InChI is InChI=1S/C16H23N5O2.HI/c1-3-17-15(19-10-13-7-5-4-6-12(13)2)18-8-9-21-14(22)11-20-16(21)23;/h4-7H,3,8-11H2,1-2H3,(H,20,23)(H2,17,18,19);1H. The second kappa shape index (κ2) is 10.1. The summed E-state index contributed by atoms with van der Waals surface area (Å²) in [5, 5.41) is 8.80. The summed E-state index contributed by atoms with van der Waals surface area (Å²) in [6.45, 7) is 6.22. The summed E-state index contributed by atoms with van der Waals surface area (Å²) < 4.78 is 0. The minimum atomic E-state index is -0.335. The van der Waals surface area contributed by atoms with Gasteiger partial charge in [-0.1, -0.05) is 24.3 Å². The Morgan fingerprint density at radius 3 is 2.67 bits per heavy atom. The van der Waals surface area contributed by atoms with E-state index in [2.05, 4.69) is 40.0 Å². The second-order valence-corrected chi connectivity index (χ2v) is 5.25. The molecule has 1 saturated heterocycles. The number of rotatable bonds is 6. The van der Waals surface area contributed by atoms with Crippen molar-refractivity contribution in [2.24, 2.45) is 4.99 Å². The van der Waals surface area contributed by atoms with Gasteiger partial charge in [-0.05, 0) is 25.0 Å². The van der Waals surface area contributed by atoms with Crippen molar-refractivity contribution in [2.45, 2.75) is 20.4 Å². The van der Waals surface area contributed by atoms with Gasteiger partial charge in [0.05, 0.1) is 13.1 Å². The number of guanidine groups is 1. The summed E-state index contributed by atoms with van der Waals surface area (Å²) in [6.07, 6.45) is 0. The Labute approximate surface area is 159 Å². The maximum Gasteiger partial charge on any atom is 0.324 e. The lowest BCUT2D eigenvalue weighted by Crippen LogP contribution is -2.43. The van der Waals surface area contributed by atoms with Crippen LogP contribution < -0.4 is 16.0 Å². The Hall–Kier alpha value is -1.84. The van der Waals surface area contributed by atoms with Gasteiger partial charge in [0.1, 0.15) is 0 Å². The number of aliphatic imine (C=N–C) groups is 1. The van der Waals surface area contributed by atoms with E-state index >= 15 is 0 Å². The molecule has 1 aliphatic rings. The quantitative estimate of drug-likeness (QED) is 0.266. The van der Waals surface area contributed by atoms with Gasteiger partial charge >= 0.3 is 6.03 Å². The zero-order chi connectivity index (χ0) is 16.7. The molecule has 0 aliphatic carbocycles. The summed E-state index contributed by atoms with van der Waals surface area (Å²) in [4.78, 5) is 28.7. The van der Waals surface area contributed by atoms with Crippen molar-refractivity contribution in [1.29, 1.82) is 0 Å². The van der Waals surface area contributed by atoms with Crippen LogP contribution in [-0.4, -0.2) is 49.0 Å². The summed E-state index contributed by atoms with van der Waals surface area (Å²) in [6, 6.07) is 7.77. The lowest BCUT2D eigenvalue weighted by atomic mass is 10.1. The molecule has 0 radical (unpaired) electrons. The minimum absolute atomic E-state index is 0. The third-order valence-electron chi connectivity index (χ3n) is 3.58. The van der Waals surface area contributed by atoms with Crippen LogP contribution in [0.1, 0.15) is 18.1 Å². The van der Waals surface area contributed by atoms with Gasteiger partial charge in [0, 0.05) is 19.6 Å². The third-order valence-corrected chi connectivity index (χ3v) is 3.58. The highest BCUT2D eigenvalue weighted by Gasteiger charge is 2.27. The van der Waals surface area contributed by atoms with Crippen LogP contribution in [0.3, 0.4) is 0 Å². The fourth-order valence-electron chi connectivity index (χ4n) is 2.26. The highest BCUT2D eigenvalue weighted by atomic mass is 127. The number of halogens is 1. The molecule has 24 heavy (non-hydrogen) atoms. The van der Waals surface area contributed by atoms with Gasteiger partial charge in [-0.2, -0.15) is 0 Å². The van der Waals surface area contributed by atoms with E-state index in [-0.39, 0.29) is 42.5 Å². The number of hydrogen-bond donors (Lipinski definition) is 3. The Morgan fingerprint density at radius 2 is 2.04 bits per heavy atom. The van der Waals surface area contributed by atoms with Crippen LogP contribution in [0.4, 0.5) is 4.79 Å². The van der Waals surface area contributed by atoms with E-state index in [0.29, 0.717) is 25.6 Å². The fourth-order valence-corrected chi connectivity index (χ4v) is 2.26. The number of carbonyl (C=O) groups is 2. The number of carbonyl (C=O) groups excluding carboxylic acids is 2. The van der Waals surface area contributed by atoms with Crippen LogP contribution in [0.2, 0.25) is 0 Å². The van der Waals surface area contributed by atoms with Gasteiger partial charge in [0.15, 0.2) is 5.96 Å². The summed E-state index contributed by atoms with van der Waals surface area (Å²) >= 11 is 0. The Bertz CT molecular complexity index is 590. The molecule has 1 aromatic rings. The van der Waals surface area contributed by atoms with Crippen LogP contribution in [0.15, 0.2) is 29.3 Å². The second-order valence-electron chi connectivity index (χ2n) is 5.25. The SMILES string of the molecule is CCNC(=NCc1ccccc1C)NCCN1C(=O)CNC1=O.I. The first-order valence-corrected chi connectivity index (χ1v) is 7.76. The van der Waals surface area contributed by atoms with Gasteiger partial charge < -0.3 is 16.0 Å². The lowest BCUT2D eigenvalue weighted by Gasteiger charge is -2.15. The predicted octanol–water partition coefficient (Wildman–Crippen LogP) is 1.22. The maximum atomic E-state index is 11.5. The highest BCUT2D eigenvalue weighted by molar-refractivity contribution is 14.0. The molecule has 3 N–H and O–H groups in total. The van der Waals surface area contributed by atoms with E-state index in [9.17, 15) is 9.59 Å². The van der Waals surface area contributed by atoms with Crippen molar-refractivity contribution in [3.8, 4) is 0 Å². The Kier molecular flexibility index (Phi) is 8.51. The first-order chi connectivity index (χ1) is 11.1. The monoisotopic (exact) mass is 445 g/mol. The van der Waals surface area contributed by atoms with E-state index < -0.39 is 0 Å². The van der Waals surface area contributed by atoms with Crippen molar-refractivity contribution in [2.75, 3.05) is 26.2 Å². The molecule has 1 aliphatic heterocycles. The molecule has 3 amide bonds. The lowest BCUT2D eigenvalue weighted by molar-refractivity contribution is -0.124. The first kappa shape index (κ1) is 20.2. The maximum absolute atomic E-state index is 11.5. The van der Waals surface area contributed by atoms with E-state index in [0.717, 1.165) is 6.54 Å². The molecule has 1 fully saturated rings. The van der Waals surface area contributed by atoms with E-state index in [4.69, 9.17) is 0 Å².